The van der Waals surface area contributed by atoms with Gasteiger partial charge in [0.05, 0.1) is 17.3 Å². The number of anilines is 1. The van der Waals surface area contributed by atoms with E-state index in [4.69, 9.17) is 9.15 Å². The van der Waals surface area contributed by atoms with E-state index in [1.54, 1.807) is 29.4 Å². The van der Waals surface area contributed by atoms with Crippen LogP contribution in [0.15, 0.2) is 77.4 Å². The number of hydrogen-bond donors (Lipinski definition) is 0. The number of rotatable bonds is 4. The van der Waals surface area contributed by atoms with Gasteiger partial charge in [-0.2, -0.15) is 0 Å². The van der Waals surface area contributed by atoms with Crippen LogP contribution in [0.4, 0.5) is 5.69 Å². The van der Waals surface area contributed by atoms with Crippen molar-refractivity contribution < 1.29 is 18.7 Å². The average Bonchev–Trinajstić information content (AvgIpc) is 3.36. The summed E-state index contributed by atoms with van der Waals surface area (Å²) in [6.07, 6.45) is 3.38. The summed E-state index contributed by atoms with van der Waals surface area (Å²) in [5.74, 6) is -0.240. The highest BCUT2D eigenvalue weighted by molar-refractivity contribution is 6.05. The molecule has 0 bridgehead atoms. The van der Waals surface area contributed by atoms with E-state index in [-0.39, 0.29) is 12.5 Å². The number of fused-ring (bicyclic) bond motifs is 2. The van der Waals surface area contributed by atoms with Gasteiger partial charge in [0, 0.05) is 17.6 Å². The van der Waals surface area contributed by atoms with Crippen molar-refractivity contribution >= 4 is 28.5 Å². The molecule has 1 amide bonds. The number of aromatic nitrogens is 1. The Labute approximate surface area is 179 Å². The lowest BCUT2D eigenvalue weighted by molar-refractivity contribution is -0.121. The lowest BCUT2D eigenvalue weighted by atomic mass is 10.0. The lowest BCUT2D eigenvalue weighted by Crippen LogP contribution is -2.38. The summed E-state index contributed by atoms with van der Waals surface area (Å²) in [7, 11) is 0. The SMILES string of the molecule is O=C(OCC(=O)N1CCCc2ccccc21)c1cc(-c2ccco2)nc2ccccc12. The molecule has 0 aliphatic carbocycles. The van der Waals surface area contributed by atoms with Gasteiger partial charge in [0.15, 0.2) is 12.4 Å². The molecule has 0 unspecified atom stereocenters. The minimum atomic E-state index is -0.565. The maximum Gasteiger partial charge on any atom is 0.339 e. The Balaban J connectivity index is 1.39. The molecule has 5 rings (SSSR count). The van der Waals surface area contributed by atoms with Gasteiger partial charge in [-0.25, -0.2) is 9.78 Å². The van der Waals surface area contributed by atoms with Gasteiger partial charge < -0.3 is 14.1 Å². The fourth-order valence-corrected chi connectivity index (χ4v) is 3.97. The third kappa shape index (κ3) is 3.68. The van der Waals surface area contributed by atoms with Crippen LogP contribution in [0.5, 0.6) is 0 Å². The van der Waals surface area contributed by atoms with Crippen molar-refractivity contribution in [3.63, 3.8) is 0 Å². The number of amides is 1. The van der Waals surface area contributed by atoms with Gasteiger partial charge in [-0.1, -0.05) is 36.4 Å². The lowest BCUT2D eigenvalue weighted by Gasteiger charge is -2.29. The highest BCUT2D eigenvalue weighted by atomic mass is 16.5. The molecule has 2 aromatic heterocycles. The Bertz CT molecular complexity index is 1260. The Morgan fingerprint density at radius 2 is 1.87 bits per heavy atom. The second-order valence-electron chi connectivity index (χ2n) is 7.40. The van der Waals surface area contributed by atoms with Gasteiger partial charge >= 0.3 is 5.97 Å². The fraction of sp³-hybridized carbons (Fsp3) is 0.160. The van der Waals surface area contributed by atoms with Crippen LogP contribution in [-0.4, -0.2) is 30.0 Å². The highest BCUT2D eigenvalue weighted by Crippen LogP contribution is 2.28. The average molecular weight is 412 g/mol. The number of ether oxygens (including phenoxy) is 1. The zero-order chi connectivity index (χ0) is 21.2. The molecule has 0 saturated heterocycles. The summed E-state index contributed by atoms with van der Waals surface area (Å²) in [5.41, 5.74) is 3.57. The van der Waals surface area contributed by atoms with Crippen molar-refractivity contribution in [1.29, 1.82) is 0 Å². The Morgan fingerprint density at radius 1 is 1.03 bits per heavy atom. The van der Waals surface area contributed by atoms with Crippen LogP contribution in [0.2, 0.25) is 0 Å². The third-order valence-electron chi connectivity index (χ3n) is 5.45. The standard InChI is InChI=1S/C25H20N2O4/c28-24(27-13-5-8-17-7-1-4-11-22(17)27)16-31-25(29)19-15-21(23-12-6-14-30-23)26-20-10-3-2-9-18(19)20/h1-4,6-7,9-12,14-15H,5,8,13,16H2. The van der Waals surface area contributed by atoms with Crippen molar-refractivity contribution in [3.8, 4) is 11.5 Å². The maximum atomic E-state index is 13.0. The first-order valence-corrected chi connectivity index (χ1v) is 10.2. The molecule has 6 heteroatoms. The minimum Gasteiger partial charge on any atom is -0.463 e. The number of nitrogens with zero attached hydrogens (tertiary/aromatic N) is 2. The molecule has 0 atom stereocenters. The number of furan rings is 1. The predicted octanol–water partition coefficient (Wildman–Crippen LogP) is 4.63. The Morgan fingerprint density at radius 3 is 2.74 bits per heavy atom. The topological polar surface area (TPSA) is 72.6 Å². The molecule has 6 nitrogen and oxygen atoms in total. The van der Waals surface area contributed by atoms with Gasteiger partial charge in [-0.15, -0.1) is 0 Å². The zero-order valence-electron chi connectivity index (χ0n) is 16.8. The zero-order valence-corrected chi connectivity index (χ0v) is 16.8. The van der Waals surface area contributed by atoms with Crippen molar-refractivity contribution in [2.24, 2.45) is 0 Å². The van der Waals surface area contributed by atoms with Crippen molar-refractivity contribution in [3.05, 3.63) is 84.1 Å². The number of benzene rings is 2. The summed E-state index contributed by atoms with van der Waals surface area (Å²) < 4.78 is 10.9. The molecule has 0 N–H and O–H groups in total. The maximum absolute atomic E-state index is 13.0. The van der Waals surface area contributed by atoms with Crippen LogP contribution in [0.1, 0.15) is 22.3 Å². The van der Waals surface area contributed by atoms with Gasteiger partial charge in [0.1, 0.15) is 5.69 Å². The summed E-state index contributed by atoms with van der Waals surface area (Å²) >= 11 is 0. The number of carbonyl (C=O) groups is 2. The monoisotopic (exact) mass is 412 g/mol. The summed E-state index contributed by atoms with van der Waals surface area (Å²) in [5, 5.41) is 0.665. The molecule has 2 aromatic carbocycles. The summed E-state index contributed by atoms with van der Waals surface area (Å²) in [6.45, 7) is 0.300. The molecule has 0 radical (unpaired) electrons. The molecule has 4 aromatic rings. The minimum absolute atomic E-state index is 0.231. The highest BCUT2D eigenvalue weighted by Gasteiger charge is 2.24. The van der Waals surface area contributed by atoms with Crippen molar-refractivity contribution in [2.75, 3.05) is 18.1 Å². The molecule has 0 spiro atoms. The van der Waals surface area contributed by atoms with E-state index >= 15 is 0 Å². The van der Waals surface area contributed by atoms with E-state index < -0.39 is 5.97 Å². The first-order valence-electron chi connectivity index (χ1n) is 10.2. The van der Waals surface area contributed by atoms with Crippen LogP contribution in [0.3, 0.4) is 0 Å². The van der Waals surface area contributed by atoms with E-state index in [1.807, 2.05) is 48.5 Å². The summed E-state index contributed by atoms with van der Waals surface area (Å²) in [4.78, 5) is 32.1. The molecule has 3 heterocycles. The number of aryl methyl sites for hydroxylation is 1. The number of carbonyl (C=O) groups excluding carboxylic acids is 2. The molecule has 0 saturated carbocycles. The molecule has 1 aliphatic rings. The molecule has 154 valence electrons. The predicted molar refractivity (Wildman–Crippen MR) is 117 cm³/mol. The van der Waals surface area contributed by atoms with Crippen LogP contribution < -0.4 is 4.90 Å². The molecular weight excluding hydrogens is 392 g/mol. The van der Waals surface area contributed by atoms with Gasteiger partial charge in [0.25, 0.3) is 5.91 Å². The Kier molecular flexibility index (Phi) is 4.96. The van der Waals surface area contributed by atoms with E-state index in [2.05, 4.69) is 4.98 Å². The third-order valence-corrected chi connectivity index (χ3v) is 5.45. The van der Waals surface area contributed by atoms with Gasteiger partial charge in [0.2, 0.25) is 0 Å². The van der Waals surface area contributed by atoms with Crippen molar-refractivity contribution in [1.82, 2.24) is 4.98 Å². The quantitative estimate of drug-likeness (QED) is 0.457. The fourth-order valence-electron chi connectivity index (χ4n) is 3.97. The molecule has 31 heavy (non-hydrogen) atoms. The normalized spacial score (nSPS) is 13.1. The molecule has 1 aliphatic heterocycles. The van der Waals surface area contributed by atoms with Crippen LogP contribution in [0.25, 0.3) is 22.4 Å². The van der Waals surface area contributed by atoms with E-state index in [0.29, 0.717) is 34.5 Å². The van der Waals surface area contributed by atoms with Gasteiger partial charge in [-0.05, 0) is 48.7 Å². The number of hydrogen-bond acceptors (Lipinski definition) is 5. The van der Waals surface area contributed by atoms with Crippen LogP contribution in [0, 0.1) is 0 Å². The second kappa shape index (κ2) is 8.07. The molecule has 0 fully saturated rings. The summed E-state index contributed by atoms with van der Waals surface area (Å²) in [6, 6.07) is 20.4. The number of para-hydroxylation sites is 2. The molecular formula is C25H20N2O4. The number of pyridine rings is 1. The number of esters is 1. The van der Waals surface area contributed by atoms with E-state index in [9.17, 15) is 9.59 Å². The Hall–Kier alpha value is -3.93. The second-order valence-corrected chi connectivity index (χ2v) is 7.40. The van der Waals surface area contributed by atoms with Crippen molar-refractivity contribution in [2.45, 2.75) is 12.8 Å². The smallest absolute Gasteiger partial charge is 0.339 e. The first kappa shape index (κ1) is 19.1. The largest absolute Gasteiger partial charge is 0.463 e. The van der Waals surface area contributed by atoms with Crippen LogP contribution >= 0.6 is 0 Å². The van der Waals surface area contributed by atoms with E-state index in [1.165, 1.54) is 0 Å². The van der Waals surface area contributed by atoms with E-state index in [0.717, 1.165) is 24.1 Å². The first-order chi connectivity index (χ1) is 15.2. The van der Waals surface area contributed by atoms with Gasteiger partial charge in [-0.3, -0.25) is 4.79 Å². The van der Waals surface area contributed by atoms with Crippen LogP contribution in [-0.2, 0) is 16.0 Å².